The lowest BCUT2D eigenvalue weighted by Gasteiger charge is -2.25. The fourth-order valence-corrected chi connectivity index (χ4v) is 3.11. The van der Waals surface area contributed by atoms with Gasteiger partial charge in [-0.15, -0.1) is 0 Å². The fourth-order valence-electron chi connectivity index (χ4n) is 3.11. The average Bonchev–Trinajstić information content (AvgIpc) is 2.98. The molecule has 0 aromatic carbocycles. The molecule has 0 amide bonds. The van der Waals surface area contributed by atoms with Crippen LogP contribution in [0.5, 0.6) is 0 Å². The highest BCUT2D eigenvalue weighted by molar-refractivity contribution is 5.22. The Hall–Kier alpha value is -1.00. The van der Waals surface area contributed by atoms with Crippen LogP contribution in [0.25, 0.3) is 0 Å². The number of aryl methyl sites for hydroxylation is 1. The van der Waals surface area contributed by atoms with Gasteiger partial charge >= 0.3 is 0 Å². The van der Waals surface area contributed by atoms with Crippen LogP contribution >= 0.6 is 0 Å². The number of ether oxygens (including phenoxy) is 1. The molecule has 1 aliphatic carbocycles. The molecule has 4 nitrogen and oxygen atoms in total. The van der Waals surface area contributed by atoms with Crippen molar-refractivity contribution in [3.8, 4) is 0 Å². The number of hydrogen-bond acceptors (Lipinski definition) is 4. The molecule has 0 radical (unpaired) electrons. The third kappa shape index (κ3) is 3.18. The molecule has 2 aliphatic rings. The lowest BCUT2D eigenvalue weighted by molar-refractivity contribution is 0.193. The molecular formula is C16H25N3O. The molecule has 1 aromatic rings. The molecule has 110 valence electrons. The van der Waals surface area contributed by atoms with E-state index < -0.39 is 0 Å². The van der Waals surface area contributed by atoms with Crippen molar-refractivity contribution in [3.05, 3.63) is 23.3 Å². The molecule has 0 spiro atoms. The SMILES string of the molecule is CC(C)NCC1CCc2nc(C3CCOC3)ncc2C1. The van der Waals surface area contributed by atoms with Crippen LogP contribution in [-0.2, 0) is 17.6 Å². The summed E-state index contributed by atoms with van der Waals surface area (Å²) in [7, 11) is 0. The zero-order valence-corrected chi connectivity index (χ0v) is 12.6. The molecular weight excluding hydrogens is 250 g/mol. The van der Waals surface area contributed by atoms with Gasteiger partial charge < -0.3 is 10.1 Å². The third-order valence-corrected chi connectivity index (χ3v) is 4.38. The Labute approximate surface area is 121 Å². The van der Waals surface area contributed by atoms with E-state index in [1.807, 2.05) is 0 Å². The van der Waals surface area contributed by atoms with E-state index in [9.17, 15) is 0 Å². The van der Waals surface area contributed by atoms with Crippen molar-refractivity contribution < 1.29 is 4.74 Å². The van der Waals surface area contributed by atoms with E-state index in [1.54, 1.807) is 0 Å². The van der Waals surface area contributed by atoms with Crippen molar-refractivity contribution in [2.24, 2.45) is 5.92 Å². The van der Waals surface area contributed by atoms with E-state index in [1.165, 1.54) is 17.7 Å². The van der Waals surface area contributed by atoms with Crippen LogP contribution in [-0.4, -0.2) is 35.8 Å². The van der Waals surface area contributed by atoms with Gasteiger partial charge in [0.2, 0.25) is 0 Å². The maximum Gasteiger partial charge on any atom is 0.134 e. The zero-order chi connectivity index (χ0) is 13.9. The maximum absolute atomic E-state index is 5.44. The Bertz CT molecular complexity index is 455. The van der Waals surface area contributed by atoms with Crippen molar-refractivity contribution in [1.29, 1.82) is 0 Å². The number of rotatable bonds is 4. The third-order valence-electron chi connectivity index (χ3n) is 4.38. The molecule has 4 heteroatoms. The molecule has 0 saturated carbocycles. The standard InChI is InChI=1S/C16H25N3O/c1-11(2)17-8-12-3-4-15-14(7-12)9-18-16(19-15)13-5-6-20-10-13/h9,11-13,17H,3-8,10H2,1-2H3. The van der Waals surface area contributed by atoms with Gasteiger partial charge in [-0.1, -0.05) is 13.8 Å². The molecule has 1 N–H and O–H groups in total. The van der Waals surface area contributed by atoms with E-state index in [-0.39, 0.29) is 0 Å². The normalized spacial score (nSPS) is 25.9. The summed E-state index contributed by atoms with van der Waals surface area (Å²) in [6, 6.07) is 0.567. The minimum absolute atomic E-state index is 0.417. The zero-order valence-electron chi connectivity index (χ0n) is 12.6. The Morgan fingerprint density at radius 1 is 1.40 bits per heavy atom. The van der Waals surface area contributed by atoms with Crippen molar-refractivity contribution in [2.45, 2.75) is 51.5 Å². The smallest absolute Gasteiger partial charge is 0.134 e. The van der Waals surface area contributed by atoms with Gasteiger partial charge in [0, 0.05) is 30.5 Å². The lowest BCUT2D eigenvalue weighted by Crippen LogP contribution is -2.32. The van der Waals surface area contributed by atoms with Crippen molar-refractivity contribution in [2.75, 3.05) is 19.8 Å². The molecule has 2 heterocycles. The van der Waals surface area contributed by atoms with Gasteiger partial charge in [0.1, 0.15) is 5.82 Å². The summed E-state index contributed by atoms with van der Waals surface area (Å²) in [6.45, 7) is 7.16. The van der Waals surface area contributed by atoms with Gasteiger partial charge in [-0.25, -0.2) is 9.97 Å². The molecule has 0 bridgehead atoms. The van der Waals surface area contributed by atoms with Crippen LogP contribution in [0.15, 0.2) is 6.20 Å². The van der Waals surface area contributed by atoms with Crippen molar-refractivity contribution in [3.63, 3.8) is 0 Å². The van der Waals surface area contributed by atoms with Crippen LogP contribution < -0.4 is 5.32 Å². The predicted octanol–water partition coefficient (Wildman–Crippen LogP) is 2.08. The van der Waals surface area contributed by atoms with Gasteiger partial charge in [-0.2, -0.15) is 0 Å². The highest BCUT2D eigenvalue weighted by Crippen LogP contribution is 2.27. The first-order chi connectivity index (χ1) is 9.72. The molecule has 1 fully saturated rings. The van der Waals surface area contributed by atoms with Crippen molar-refractivity contribution in [1.82, 2.24) is 15.3 Å². The second-order valence-corrected chi connectivity index (χ2v) is 6.43. The molecule has 2 unspecified atom stereocenters. The summed E-state index contributed by atoms with van der Waals surface area (Å²) in [6.07, 6.45) is 6.60. The number of nitrogens with one attached hydrogen (secondary N) is 1. The summed E-state index contributed by atoms with van der Waals surface area (Å²) in [5, 5.41) is 3.54. The van der Waals surface area contributed by atoms with E-state index in [0.717, 1.165) is 50.8 Å². The number of nitrogens with zero attached hydrogens (tertiary/aromatic N) is 2. The number of aromatic nitrogens is 2. The van der Waals surface area contributed by atoms with Crippen LogP contribution in [0, 0.1) is 5.92 Å². The molecule has 20 heavy (non-hydrogen) atoms. The Balaban J connectivity index is 1.65. The minimum atomic E-state index is 0.417. The van der Waals surface area contributed by atoms with E-state index in [0.29, 0.717) is 12.0 Å². The maximum atomic E-state index is 5.44. The molecule has 1 aliphatic heterocycles. The van der Waals surface area contributed by atoms with E-state index in [4.69, 9.17) is 9.72 Å². The molecule has 1 aromatic heterocycles. The van der Waals surface area contributed by atoms with Crippen molar-refractivity contribution >= 4 is 0 Å². The second-order valence-electron chi connectivity index (χ2n) is 6.43. The van der Waals surface area contributed by atoms with Gasteiger partial charge in [0.15, 0.2) is 0 Å². The van der Waals surface area contributed by atoms with E-state index in [2.05, 4.69) is 30.3 Å². The predicted molar refractivity (Wildman–Crippen MR) is 78.9 cm³/mol. The lowest BCUT2D eigenvalue weighted by atomic mass is 9.87. The topological polar surface area (TPSA) is 47.0 Å². The average molecular weight is 275 g/mol. The molecule has 1 saturated heterocycles. The van der Waals surface area contributed by atoms with Gasteiger partial charge in [-0.05, 0) is 43.7 Å². The summed E-state index contributed by atoms with van der Waals surface area (Å²) >= 11 is 0. The monoisotopic (exact) mass is 275 g/mol. The quantitative estimate of drug-likeness (QED) is 0.914. The second kappa shape index (κ2) is 6.19. The Morgan fingerprint density at radius 2 is 2.30 bits per heavy atom. The summed E-state index contributed by atoms with van der Waals surface area (Å²) < 4.78 is 5.44. The first-order valence-electron chi connectivity index (χ1n) is 7.88. The van der Waals surface area contributed by atoms with Gasteiger partial charge in [0.25, 0.3) is 0 Å². The first kappa shape index (κ1) is 14.0. The Kier molecular flexibility index (Phi) is 4.32. The van der Waals surface area contributed by atoms with Crippen LogP contribution in [0.4, 0.5) is 0 Å². The van der Waals surface area contributed by atoms with Gasteiger partial charge in [-0.3, -0.25) is 0 Å². The first-order valence-corrected chi connectivity index (χ1v) is 7.88. The van der Waals surface area contributed by atoms with Crippen LogP contribution in [0.2, 0.25) is 0 Å². The molecule has 3 rings (SSSR count). The van der Waals surface area contributed by atoms with Crippen LogP contribution in [0.1, 0.15) is 49.7 Å². The summed E-state index contributed by atoms with van der Waals surface area (Å²) in [5.41, 5.74) is 2.64. The van der Waals surface area contributed by atoms with E-state index >= 15 is 0 Å². The highest BCUT2D eigenvalue weighted by Gasteiger charge is 2.24. The number of hydrogen-bond donors (Lipinski definition) is 1. The Morgan fingerprint density at radius 3 is 3.05 bits per heavy atom. The summed E-state index contributed by atoms with van der Waals surface area (Å²) in [5.74, 6) is 2.15. The minimum Gasteiger partial charge on any atom is -0.381 e. The number of fused-ring (bicyclic) bond motifs is 1. The highest BCUT2D eigenvalue weighted by atomic mass is 16.5. The van der Waals surface area contributed by atoms with Gasteiger partial charge in [0.05, 0.1) is 6.61 Å². The fraction of sp³-hybridized carbons (Fsp3) is 0.750. The largest absolute Gasteiger partial charge is 0.381 e. The summed E-state index contributed by atoms with van der Waals surface area (Å²) in [4.78, 5) is 9.41. The molecule has 2 atom stereocenters. The van der Waals surface area contributed by atoms with Crippen LogP contribution in [0.3, 0.4) is 0 Å².